The van der Waals surface area contributed by atoms with E-state index in [0.29, 0.717) is 40.7 Å². The lowest BCUT2D eigenvalue weighted by molar-refractivity contribution is 0.0951. The molecule has 1 aliphatic heterocycles. The molecule has 8 heteroatoms. The molecular formula is C25H31ClN6O. The first-order valence-corrected chi connectivity index (χ1v) is 11.8. The second-order valence-corrected chi connectivity index (χ2v) is 9.37. The Kier molecular flexibility index (Phi) is 7.30. The zero-order chi connectivity index (χ0) is 23.4. The third-order valence-corrected chi connectivity index (χ3v) is 6.56. The third-order valence-electron chi connectivity index (χ3n) is 6.35. The number of nitrogens with one attached hydrogen (secondary N) is 2. The van der Waals surface area contributed by atoms with Crippen LogP contribution in [0.25, 0.3) is 10.8 Å². The predicted octanol–water partition coefficient (Wildman–Crippen LogP) is 4.33. The van der Waals surface area contributed by atoms with Crippen molar-refractivity contribution in [3.63, 3.8) is 0 Å². The minimum absolute atomic E-state index is 0.212. The second kappa shape index (κ2) is 10.4. The normalized spacial score (nSPS) is 15.2. The molecule has 174 valence electrons. The molecule has 0 unspecified atom stereocenters. The van der Waals surface area contributed by atoms with Gasteiger partial charge in [-0.3, -0.25) is 4.79 Å². The van der Waals surface area contributed by atoms with Crippen molar-refractivity contribution in [3.05, 3.63) is 58.9 Å². The standard InChI is InChI=1S/C25H31ClN6O/c1-16(2)32-9-6-17(7-10-32)13-29-24-22(12-20(26)15-30-24)25(33)31-14-18-3-4-21-19(11-18)5-8-28-23(21)27/h3-5,8,11-12,15-17H,6-7,9-10,13-14H2,1-2H3,(H2,27,28)(H,29,30)(H,31,33). The van der Waals surface area contributed by atoms with Crippen molar-refractivity contribution in [2.75, 3.05) is 30.7 Å². The van der Waals surface area contributed by atoms with Crippen LogP contribution in [-0.2, 0) is 6.54 Å². The number of nitrogen functional groups attached to an aromatic ring is 1. The first-order chi connectivity index (χ1) is 15.9. The summed E-state index contributed by atoms with van der Waals surface area (Å²) in [6, 6.07) is 10.0. The van der Waals surface area contributed by atoms with Gasteiger partial charge in [-0.15, -0.1) is 0 Å². The fraction of sp³-hybridized carbons (Fsp3) is 0.400. The van der Waals surface area contributed by atoms with Crippen LogP contribution in [0.1, 0.15) is 42.6 Å². The molecule has 0 radical (unpaired) electrons. The van der Waals surface area contributed by atoms with Crippen molar-refractivity contribution >= 4 is 39.9 Å². The summed E-state index contributed by atoms with van der Waals surface area (Å²) < 4.78 is 0. The number of rotatable bonds is 7. The van der Waals surface area contributed by atoms with Gasteiger partial charge in [0.15, 0.2) is 0 Å². The molecule has 2 aromatic heterocycles. The molecule has 1 saturated heterocycles. The van der Waals surface area contributed by atoms with Crippen LogP contribution >= 0.6 is 11.6 Å². The van der Waals surface area contributed by atoms with Crippen LogP contribution in [0.4, 0.5) is 11.6 Å². The number of fused-ring (bicyclic) bond motifs is 1. The number of aromatic nitrogens is 2. The number of nitrogens with zero attached hydrogens (tertiary/aromatic N) is 3. The number of pyridine rings is 2. The minimum Gasteiger partial charge on any atom is -0.383 e. The van der Waals surface area contributed by atoms with Gasteiger partial charge in [0.2, 0.25) is 0 Å². The fourth-order valence-electron chi connectivity index (χ4n) is 4.31. The lowest BCUT2D eigenvalue weighted by Gasteiger charge is -2.34. The summed E-state index contributed by atoms with van der Waals surface area (Å²) in [4.78, 5) is 24.0. The van der Waals surface area contributed by atoms with Gasteiger partial charge in [0.05, 0.1) is 10.6 Å². The van der Waals surface area contributed by atoms with Crippen LogP contribution < -0.4 is 16.4 Å². The monoisotopic (exact) mass is 466 g/mol. The van der Waals surface area contributed by atoms with E-state index >= 15 is 0 Å². The van der Waals surface area contributed by atoms with Crippen molar-refractivity contribution in [3.8, 4) is 0 Å². The minimum atomic E-state index is -0.212. The van der Waals surface area contributed by atoms with E-state index in [9.17, 15) is 4.79 Å². The number of carbonyl (C=O) groups is 1. The number of carbonyl (C=O) groups excluding carboxylic acids is 1. The van der Waals surface area contributed by atoms with E-state index < -0.39 is 0 Å². The molecule has 4 N–H and O–H groups in total. The first-order valence-electron chi connectivity index (χ1n) is 11.5. The van der Waals surface area contributed by atoms with Gasteiger partial charge >= 0.3 is 0 Å². The largest absolute Gasteiger partial charge is 0.383 e. The molecule has 0 atom stereocenters. The van der Waals surface area contributed by atoms with Gasteiger partial charge < -0.3 is 21.3 Å². The molecule has 0 spiro atoms. The number of hydrogen-bond acceptors (Lipinski definition) is 6. The van der Waals surface area contributed by atoms with Crippen LogP contribution in [0.2, 0.25) is 5.02 Å². The van der Waals surface area contributed by atoms with Crippen LogP contribution in [0.15, 0.2) is 42.7 Å². The Bertz CT molecular complexity index is 1130. The molecule has 0 bridgehead atoms. The third kappa shape index (κ3) is 5.72. The number of nitrogens with two attached hydrogens (primary N) is 1. The van der Waals surface area contributed by atoms with Gasteiger partial charge in [0.1, 0.15) is 11.6 Å². The number of benzene rings is 1. The van der Waals surface area contributed by atoms with E-state index in [4.69, 9.17) is 17.3 Å². The van der Waals surface area contributed by atoms with Crippen LogP contribution in [0, 0.1) is 5.92 Å². The molecule has 4 rings (SSSR count). The van der Waals surface area contributed by atoms with E-state index in [-0.39, 0.29) is 5.91 Å². The average Bonchev–Trinajstić information content (AvgIpc) is 2.82. The van der Waals surface area contributed by atoms with Gasteiger partial charge in [-0.2, -0.15) is 0 Å². The van der Waals surface area contributed by atoms with E-state index in [1.165, 1.54) is 0 Å². The van der Waals surface area contributed by atoms with Crippen molar-refractivity contribution in [1.82, 2.24) is 20.2 Å². The second-order valence-electron chi connectivity index (χ2n) is 8.94. The maximum atomic E-state index is 13.0. The number of likely N-dealkylation sites (tertiary alicyclic amines) is 1. The summed E-state index contributed by atoms with van der Waals surface area (Å²) in [7, 11) is 0. The maximum Gasteiger partial charge on any atom is 0.255 e. The number of halogens is 1. The maximum absolute atomic E-state index is 13.0. The predicted molar refractivity (Wildman–Crippen MR) is 134 cm³/mol. The van der Waals surface area contributed by atoms with E-state index in [0.717, 1.165) is 48.8 Å². The van der Waals surface area contributed by atoms with Crippen molar-refractivity contribution in [1.29, 1.82) is 0 Å². The quantitative estimate of drug-likeness (QED) is 0.479. The van der Waals surface area contributed by atoms with Crippen LogP contribution in [0.5, 0.6) is 0 Å². The zero-order valence-corrected chi connectivity index (χ0v) is 19.9. The van der Waals surface area contributed by atoms with E-state index in [1.807, 2.05) is 24.3 Å². The molecule has 1 aromatic carbocycles. The Morgan fingerprint density at radius 2 is 2.00 bits per heavy atom. The zero-order valence-electron chi connectivity index (χ0n) is 19.1. The molecule has 7 nitrogen and oxygen atoms in total. The molecule has 1 aliphatic rings. The Morgan fingerprint density at radius 1 is 1.21 bits per heavy atom. The van der Waals surface area contributed by atoms with Crippen LogP contribution in [0.3, 0.4) is 0 Å². The Morgan fingerprint density at radius 3 is 2.76 bits per heavy atom. The number of amides is 1. The summed E-state index contributed by atoms with van der Waals surface area (Å²) >= 11 is 6.16. The highest BCUT2D eigenvalue weighted by atomic mass is 35.5. The molecule has 1 amide bonds. The summed E-state index contributed by atoms with van der Waals surface area (Å²) in [6.07, 6.45) is 5.54. The highest BCUT2D eigenvalue weighted by Crippen LogP contribution is 2.23. The highest BCUT2D eigenvalue weighted by molar-refractivity contribution is 6.31. The SMILES string of the molecule is CC(C)N1CCC(CNc2ncc(Cl)cc2C(=O)NCc2ccc3c(N)nccc3c2)CC1. The molecule has 33 heavy (non-hydrogen) atoms. The summed E-state index contributed by atoms with van der Waals surface area (Å²) in [6.45, 7) is 7.88. The van der Waals surface area contributed by atoms with Gasteiger partial charge in [0, 0.05) is 36.9 Å². The fourth-order valence-corrected chi connectivity index (χ4v) is 4.46. The van der Waals surface area contributed by atoms with Crippen LogP contribution in [-0.4, -0.2) is 46.5 Å². The number of hydrogen-bond donors (Lipinski definition) is 3. The van der Waals surface area contributed by atoms with E-state index in [1.54, 1.807) is 18.5 Å². The molecule has 0 aliphatic carbocycles. The van der Waals surface area contributed by atoms with E-state index in [2.05, 4.69) is 39.3 Å². The van der Waals surface area contributed by atoms with Gasteiger partial charge in [-0.1, -0.05) is 23.7 Å². The van der Waals surface area contributed by atoms with Gasteiger partial charge in [-0.05, 0) is 74.8 Å². The average molecular weight is 467 g/mol. The van der Waals surface area contributed by atoms with Gasteiger partial charge in [-0.25, -0.2) is 9.97 Å². The topological polar surface area (TPSA) is 96.2 Å². The number of piperidine rings is 1. The summed E-state index contributed by atoms with van der Waals surface area (Å²) in [5.41, 5.74) is 7.36. The summed E-state index contributed by atoms with van der Waals surface area (Å²) in [5, 5.41) is 8.71. The Hall–Kier alpha value is -2.90. The lowest BCUT2D eigenvalue weighted by Crippen LogP contribution is -2.40. The molecule has 3 heterocycles. The smallest absolute Gasteiger partial charge is 0.255 e. The molecular weight excluding hydrogens is 436 g/mol. The molecule has 0 saturated carbocycles. The van der Waals surface area contributed by atoms with Crippen molar-refractivity contribution in [2.45, 2.75) is 39.3 Å². The highest BCUT2D eigenvalue weighted by Gasteiger charge is 2.21. The molecule has 1 fully saturated rings. The van der Waals surface area contributed by atoms with Crippen molar-refractivity contribution < 1.29 is 4.79 Å². The Balaban J connectivity index is 1.39. The van der Waals surface area contributed by atoms with Crippen molar-refractivity contribution in [2.24, 2.45) is 5.92 Å². The Labute approximate surface area is 199 Å². The molecule has 3 aromatic rings. The lowest BCUT2D eigenvalue weighted by atomic mass is 9.96. The summed E-state index contributed by atoms with van der Waals surface area (Å²) in [5.74, 6) is 1.42. The van der Waals surface area contributed by atoms with Gasteiger partial charge in [0.25, 0.3) is 5.91 Å². The first kappa shape index (κ1) is 23.3. The number of anilines is 2.